The van der Waals surface area contributed by atoms with E-state index in [1.165, 1.54) is 5.56 Å². The standard InChI is InChI=1S/C16H16BrClN2/c1-10-5-6-19-16(18)15(10)20-14-8-12(9-14)11-3-2-4-13(17)7-11/h2-7,12,14,20H,8-9H2,1H3. The first-order chi connectivity index (χ1) is 9.63. The molecule has 1 aromatic heterocycles. The summed E-state index contributed by atoms with van der Waals surface area (Å²) in [5.41, 5.74) is 3.54. The molecular formula is C16H16BrClN2. The van der Waals surface area contributed by atoms with Gasteiger partial charge in [-0.25, -0.2) is 4.98 Å². The lowest BCUT2D eigenvalue weighted by molar-refractivity contribution is 0.374. The number of halogens is 2. The molecule has 0 spiro atoms. The van der Waals surface area contributed by atoms with Crippen LogP contribution in [0.1, 0.15) is 29.9 Å². The third-order valence-electron chi connectivity index (χ3n) is 3.92. The van der Waals surface area contributed by atoms with Gasteiger partial charge in [0.2, 0.25) is 0 Å². The lowest BCUT2D eigenvalue weighted by Gasteiger charge is -2.37. The summed E-state index contributed by atoms with van der Waals surface area (Å²) in [5.74, 6) is 0.640. The van der Waals surface area contributed by atoms with Crippen LogP contribution in [0, 0.1) is 6.92 Å². The molecule has 1 heterocycles. The van der Waals surface area contributed by atoms with Crippen molar-refractivity contribution in [1.29, 1.82) is 0 Å². The van der Waals surface area contributed by atoms with Crippen LogP contribution in [0.4, 0.5) is 5.69 Å². The zero-order chi connectivity index (χ0) is 14.1. The molecule has 3 rings (SSSR count). The predicted molar refractivity (Wildman–Crippen MR) is 87.5 cm³/mol. The molecule has 20 heavy (non-hydrogen) atoms. The van der Waals surface area contributed by atoms with Crippen molar-refractivity contribution in [2.45, 2.75) is 31.7 Å². The number of benzene rings is 1. The molecular weight excluding hydrogens is 336 g/mol. The Kier molecular flexibility index (Phi) is 3.99. The summed E-state index contributed by atoms with van der Waals surface area (Å²) in [6.07, 6.45) is 4.02. The molecule has 4 heteroatoms. The molecule has 0 bridgehead atoms. The summed E-state index contributed by atoms with van der Waals surface area (Å²) >= 11 is 9.68. The van der Waals surface area contributed by atoms with Gasteiger partial charge < -0.3 is 5.32 Å². The molecule has 1 N–H and O–H groups in total. The number of hydrogen-bond acceptors (Lipinski definition) is 2. The van der Waals surface area contributed by atoms with Crippen molar-refractivity contribution in [3.63, 3.8) is 0 Å². The zero-order valence-corrected chi connectivity index (χ0v) is 13.6. The molecule has 1 saturated carbocycles. The van der Waals surface area contributed by atoms with E-state index in [4.69, 9.17) is 11.6 Å². The zero-order valence-electron chi connectivity index (χ0n) is 11.2. The number of pyridine rings is 1. The van der Waals surface area contributed by atoms with E-state index in [1.54, 1.807) is 6.20 Å². The van der Waals surface area contributed by atoms with Gasteiger partial charge in [-0.2, -0.15) is 0 Å². The number of hydrogen-bond donors (Lipinski definition) is 1. The van der Waals surface area contributed by atoms with Gasteiger partial charge in [0.25, 0.3) is 0 Å². The number of rotatable bonds is 3. The lowest BCUT2D eigenvalue weighted by atomic mass is 9.76. The van der Waals surface area contributed by atoms with Gasteiger partial charge in [-0.15, -0.1) is 0 Å². The summed E-state index contributed by atoms with van der Waals surface area (Å²) in [6.45, 7) is 2.06. The van der Waals surface area contributed by atoms with Crippen molar-refractivity contribution in [2.24, 2.45) is 0 Å². The Bertz CT molecular complexity index is 603. The van der Waals surface area contributed by atoms with E-state index in [2.05, 4.69) is 57.4 Å². The predicted octanol–water partition coefficient (Wildman–Crippen LogP) is 5.16. The maximum Gasteiger partial charge on any atom is 0.152 e. The Morgan fingerprint density at radius 1 is 1.30 bits per heavy atom. The Morgan fingerprint density at radius 3 is 2.80 bits per heavy atom. The van der Waals surface area contributed by atoms with Crippen molar-refractivity contribution in [2.75, 3.05) is 5.32 Å². The van der Waals surface area contributed by atoms with Crippen molar-refractivity contribution >= 4 is 33.2 Å². The fourth-order valence-corrected chi connectivity index (χ4v) is 3.35. The van der Waals surface area contributed by atoms with Crippen LogP contribution in [-0.2, 0) is 0 Å². The highest BCUT2D eigenvalue weighted by Gasteiger charge is 2.30. The monoisotopic (exact) mass is 350 g/mol. The molecule has 0 atom stereocenters. The molecule has 1 aromatic carbocycles. The quantitative estimate of drug-likeness (QED) is 0.772. The van der Waals surface area contributed by atoms with Crippen molar-refractivity contribution < 1.29 is 0 Å². The Labute approximate surface area is 132 Å². The van der Waals surface area contributed by atoms with Crippen LogP contribution >= 0.6 is 27.5 Å². The first kappa shape index (κ1) is 13.9. The summed E-state index contributed by atoms with van der Waals surface area (Å²) in [7, 11) is 0. The molecule has 0 radical (unpaired) electrons. The van der Waals surface area contributed by atoms with Crippen molar-refractivity contribution in [1.82, 2.24) is 4.98 Å². The van der Waals surface area contributed by atoms with E-state index >= 15 is 0 Å². The van der Waals surface area contributed by atoms with E-state index < -0.39 is 0 Å². The Balaban J connectivity index is 1.64. The van der Waals surface area contributed by atoms with Gasteiger partial charge in [0.05, 0.1) is 5.69 Å². The molecule has 2 aromatic rings. The van der Waals surface area contributed by atoms with E-state index in [0.717, 1.165) is 28.6 Å². The first-order valence-corrected chi connectivity index (χ1v) is 7.93. The topological polar surface area (TPSA) is 24.9 Å². The SMILES string of the molecule is Cc1ccnc(Cl)c1NC1CC(c2cccc(Br)c2)C1. The van der Waals surface area contributed by atoms with Crippen LogP contribution < -0.4 is 5.32 Å². The fraction of sp³-hybridized carbons (Fsp3) is 0.312. The van der Waals surface area contributed by atoms with Gasteiger partial charge >= 0.3 is 0 Å². The molecule has 104 valence electrons. The second kappa shape index (κ2) is 5.74. The second-order valence-corrected chi connectivity index (χ2v) is 6.63. The van der Waals surface area contributed by atoms with E-state index in [1.807, 2.05) is 6.07 Å². The number of anilines is 1. The molecule has 2 nitrogen and oxygen atoms in total. The first-order valence-electron chi connectivity index (χ1n) is 6.76. The number of nitrogens with one attached hydrogen (secondary N) is 1. The average molecular weight is 352 g/mol. The summed E-state index contributed by atoms with van der Waals surface area (Å²) < 4.78 is 1.15. The average Bonchev–Trinajstić information content (AvgIpc) is 2.36. The van der Waals surface area contributed by atoms with Crippen LogP contribution in [-0.4, -0.2) is 11.0 Å². The minimum atomic E-state index is 0.486. The molecule has 1 fully saturated rings. The van der Waals surface area contributed by atoms with Crippen molar-refractivity contribution in [3.8, 4) is 0 Å². The Hall–Kier alpha value is -1.06. The maximum atomic E-state index is 6.15. The number of aromatic nitrogens is 1. The van der Waals surface area contributed by atoms with Crippen LogP contribution in [0.2, 0.25) is 5.15 Å². The minimum absolute atomic E-state index is 0.486. The fourth-order valence-electron chi connectivity index (χ4n) is 2.67. The second-order valence-electron chi connectivity index (χ2n) is 5.36. The summed E-state index contributed by atoms with van der Waals surface area (Å²) in [5, 5.41) is 4.09. The van der Waals surface area contributed by atoms with Gasteiger partial charge in [-0.05, 0) is 55.0 Å². The van der Waals surface area contributed by atoms with Gasteiger partial charge in [-0.1, -0.05) is 39.7 Å². The van der Waals surface area contributed by atoms with Crippen LogP contribution in [0.15, 0.2) is 41.0 Å². The summed E-state index contributed by atoms with van der Waals surface area (Å²) in [6, 6.07) is 11.0. The highest BCUT2D eigenvalue weighted by molar-refractivity contribution is 9.10. The highest BCUT2D eigenvalue weighted by atomic mass is 79.9. The highest BCUT2D eigenvalue weighted by Crippen LogP contribution is 2.40. The number of nitrogens with zero attached hydrogens (tertiary/aromatic N) is 1. The van der Waals surface area contributed by atoms with Crippen molar-refractivity contribution in [3.05, 3.63) is 57.3 Å². The lowest BCUT2D eigenvalue weighted by Crippen LogP contribution is -2.34. The van der Waals surface area contributed by atoms with Gasteiger partial charge in [0.15, 0.2) is 5.15 Å². The summed E-state index contributed by atoms with van der Waals surface area (Å²) in [4.78, 5) is 4.14. The normalized spacial score (nSPS) is 21.4. The maximum absolute atomic E-state index is 6.15. The smallest absolute Gasteiger partial charge is 0.152 e. The molecule has 0 aliphatic heterocycles. The van der Waals surface area contributed by atoms with Crippen LogP contribution in [0.25, 0.3) is 0 Å². The molecule has 0 saturated heterocycles. The number of aryl methyl sites for hydroxylation is 1. The Morgan fingerprint density at radius 2 is 2.10 bits per heavy atom. The van der Waals surface area contributed by atoms with E-state index in [-0.39, 0.29) is 0 Å². The van der Waals surface area contributed by atoms with Crippen LogP contribution in [0.5, 0.6) is 0 Å². The molecule has 0 unspecified atom stereocenters. The van der Waals surface area contributed by atoms with Gasteiger partial charge in [0, 0.05) is 16.7 Å². The largest absolute Gasteiger partial charge is 0.380 e. The van der Waals surface area contributed by atoms with E-state index in [0.29, 0.717) is 17.1 Å². The van der Waals surface area contributed by atoms with Crippen LogP contribution in [0.3, 0.4) is 0 Å². The molecule has 1 aliphatic carbocycles. The third-order valence-corrected chi connectivity index (χ3v) is 4.70. The third kappa shape index (κ3) is 2.84. The van der Waals surface area contributed by atoms with E-state index in [9.17, 15) is 0 Å². The molecule has 1 aliphatic rings. The molecule has 0 amide bonds. The van der Waals surface area contributed by atoms with Gasteiger partial charge in [0.1, 0.15) is 0 Å². The van der Waals surface area contributed by atoms with Gasteiger partial charge in [-0.3, -0.25) is 0 Å². The minimum Gasteiger partial charge on any atom is -0.380 e.